The fourth-order valence-electron chi connectivity index (χ4n) is 3.02. The third-order valence-corrected chi connectivity index (χ3v) is 4.03. The first-order chi connectivity index (χ1) is 7.79. The highest BCUT2D eigenvalue weighted by Crippen LogP contribution is 2.37. The molecule has 3 rings (SSSR count). The normalized spacial score (nSPS) is 27.8. The summed E-state index contributed by atoms with van der Waals surface area (Å²) in [5.41, 5.74) is 2.82. The van der Waals surface area contributed by atoms with Crippen molar-refractivity contribution in [2.75, 3.05) is 18.0 Å². The molecule has 1 aromatic carbocycles. The van der Waals surface area contributed by atoms with Crippen LogP contribution in [-0.4, -0.2) is 25.2 Å². The summed E-state index contributed by atoms with van der Waals surface area (Å²) < 4.78 is 0. The number of nitrogens with one attached hydrogen (secondary N) is 1. The molecule has 0 unspecified atom stereocenters. The molecule has 2 aliphatic rings. The summed E-state index contributed by atoms with van der Waals surface area (Å²) in [7, 11) is 0. The van der Waals surface area contributed by atoms with E-state index in [1.807, 2.05) is 6.07 Å². The van der Waals surface area contributed by atoms with Gasteiger partial charge in [-0.1, -0.05) is 24.6 Å². The van der Waals surface area contributed by atoms with E-state index in [0.29, 0.717) is 12.1 Å². The summed E-state index contributed by atoms with van der Waals surface area (Å²) in [6.07, 6.45) is 2.35. The molecule has 2 aliphatic heterocycles. The number of anilines is 1. The highest BCUT2D eigenvalue weighted by Gasteiger charge is 2.35. The fraction of sp³-hybridized carbons (Fsp3) is 0.538. The summed E-state index contributed by atoms with van der Waals surface area (Å²) in [5.74, 6) is 0. The van der Waals surface area contributed by atoms with Crippen LogP contribution in [0.4, 0.5) is 5.69 Å². The Bertz CT molecular complexity index is 399. The third kappa shape index (κ3) is 1.52. The van der Waals surface area contributed by atoms with Crippen LogP contribution in [0.1, 0.15) is 18.9 Å². The van der Waals surface area contributed by atoms with Crippen molar-refractivity contribution in [3.63, 3.8) is 0 Å². The van der Waals surface area contributed by atoms with Crippen molar-refractivity contribution in [1.82, 2.24) is 5.32 Å². The van der Waals surface area contributed by atoms with Gasteiger partial charge in [0.1, 0.15) is 0 Å². The highest BCUT2D eigenvalue weighted by molar-refractivity contribution is 6.30. The number of hydrogen-bond donors (Lipinski definition) is 1. The molecular formula is C13H17ClN2. The van der Waals surface area contributed by atoms with Crippen molar-refractivity contribution in [3.8, 4) is 0 Å². The van der Waals surface area contributed by atoms with E-state index in [9.17, 15) is 0 Å². The molecule has 1 aromatic rings. The summed E-state index contributed by atoms with van der Waals surface area (Å²) in [4.78, 5) is 2.58. The van der Waals surface area contributed by atoms with Gasteiger partial charge in [0.25, 0.3) is 0 Å². The van der Waals surface area contributed by atoms with Crippen molar-refractivity contribution < 1.29 is 0 Å². The number of piperazine rings is 1. The zero-order chi connectivity index (χ0) is 11.1. The van der Waals surface area contributed by atoms with Gasteiger partial charge in [0.15, 0.2) is 0 Å². The lowest BCUT2D eigenvalue weighted by molar-refractivity contribution is 0.405. The van der Waals surface area contributed by atoms with Crippen LogP contribution in [-0.2, 0) is 6.42 Å². The van der Waals surface area contributed by atoms with Gasteiger partial charge >= 0.3 is 0 Å². The van der Waals surface area contributed by atoms with Gasteiger partial charge in [0.2, 0.25) is 0 Å². The molecule has 0 amide bonds. The molecule has 3 heteroatoms. The van der Waals surface area contributed by atoms with Crippen LogP contribution >= 0.6 is 11.6 Å². The van der Waals surface area contributed by atoms with E-state index in [1.165, 1.54) is 17.7 Å². The molecule has 1 saturated heterocycles. The molecule has 0 spiro atoms. The average molecular weight is 237 g/mol. The number of nitrogens with zero attached hydrogens (tertiary/aromatic N) is 1. The molecule has 16 heavy (non-hydrogen) atoms. The van der Waals surface area contributed by atoms with Crippen molar-refractivity contribution >= 4 is 17.3 Å². The molecule has 2 nitrogen and oxygen atoms in total. The van der Waals surface area contributed by atoms with E-state index < -0.39 is 0 Å². The smallest absolute Gasteiger partial charge is 0.0459 e. The Morgan fingerprint density at radius 3 is 3.12 bits per heavy atom. The Balaban J connectivity index is 2.01. The standard InChI is InChI=1S/C13H17ClN2/c1-2-11-7-15-8-12-5-9-3-4-10(14)6-13(9)16(11)12/h3-4,6,11-12,15H,2,5,7-8H2,1H3/t11-,12-/m0/s1. The highest BCUT2D eigenvalue weighted by atomic mass is 35.5. The number of rotatable bonds is 1. The minimum atomic E-state index is 0.624. The van der Waals surface area contributed by atoms with E-state index in [-0.39, 0.29) is 0 Å². The lowest BCUT2D eigenvalue weighted by Gasteiger charge is -2.40. The monoisotopic (exact) mass is 236 g/mol. The summed E-state index contributed by atoms with van der Waals surface area (Å²) in [6.45, 7) is 4.46. The largest absolute Gasteiger partial charge is 0.362 e. The zero-order valence-corrected chi connectivity index (χ0v) is 10.3. The first-order valence-electron chi connectivity index (χ1n) is 6.07. The zero-order valence-electron chi connectivity index (χ0n) is 9.54. The lowest BCUT2D eigenvalue weighted by atomic mass is 10.1. The van der Waals surface area contributed by atoms with E-state index in [0.717, 1.165) is 24.5 Å². The van der Waals surface area contributed by atoms with Gasteiger partial charge in [-0.25, -0.2) is 0 Å². The predicted octanol–water partition coefficient (Wildman–Crippen LogP) is 2.45. The second kappa shape index (κ2) is 3.94. The van der Waals surface area contributed by atoms with Gasteiger partial charge in [-0.2, -0.15) is 0 Å². The van der Waals surface area contributed by atoms with E-state index >= 15 is 0 Å². The average Bonchev–Trinajstić information content (AvgIpc) is 2.66. The molecule has 0 aliphatic carbocycles. The van der Waals surface area contributed by atoms with Crippen LogP contribution in [0.25, 0.3) is 0 Å². The SMILES string of the molecule is CC[C@H]1CNC[C@@H]2Cc3ccc(Cl)cc3N21. The van der Waals surface area contributed by atoms with Crippen LogP contribution in [0.5, 0.6) is 0 Å². The topological polar surface area (TPSA) is 15.3 Å². The molecule has 1 N–H and O–H groups in total. The number of hydrogen-bond acceptors (Lipinski definition) is 2. The van der Waals surface area contributed by atoms with Crippen LogP contribution in [0.2, 0.25) is 5.02 Å². The van der Waals surface area contributed by atoms with Crippen LogP contribution in [0, 0.1) is 0 Å². The number of halogens is 1. The summed E-state index contributed by atoms with van der Waals surface area (Å²) >= 11 is 6.10. The van der Waals surface area contributed by atoms with Crippen molar-refractivity contribution in [1.29, 1.82) is 0 Å². The molecule has 0 aromatic heterocycles. The molecule has 2 atom stereocenters. The summed E-state index contributed by atoms with van der Waals surface area (Å²) in [5, 5.41) is 4.39. The maximum atomic E-state index is 6.10. The van der Waals surface area contributed by atoms with Gasteiger partial charge in [-0.15, -0.1) is 0 Å². The van der Waals surface area contributed by atoms with Gasteiger partial charge in [0, 0.05) is 35.9 Å². The van der Waals surface area contributed by atoms with Crippen molar-refractivity contribution in [2.45, 2.75) is 31.8 Å². The van der Waals surface area contributed by atoms with Gasteiger partial charge < -0.3 is 10.2 Å². The quantitative estimate of drug-likeness (QED) is 0.806. The van der Waals surface area contributed by atoms with Gasteiger partial charge in [0.05, 0.1) is 0 Å². The first kappa shape index (κ1) is 10.4. The second-order valence-electron chi connectivity index (χ2n) is 4.76. The first-order valence-corrected chi connectivity index (χ1v) is 6.45. The van der Waals surface area contributed by atoms with E-state index in [4.69, 9.17) is 11.6 Å². The van der Waals surface area contributed by atoms with Gasteiger partial charge in [-0.05, 0) is 30.5 Å². The Morgan fingerprint density at radius 2 is 2.31 bits per heavy atom. The van der Waals surface area contributed by atoms with Crippen LogP contribution in [0.3, 0.4) is 0 Å². The molecule has 0 saturated carbocycles. The molecule has 86 valence electrons. The predicted molar refractivity (Wildman–Crippen MR) is 68.4 cm³/mol. The van der Waals surface area contributed by atoms with Gasteiger partial charge in [-0.3, -0.25) is 0 Å². The van der Waals surface area contributed by atoms with Crippen molar-refractivity contribution in [2.24, 2.45) is 0 Å². The molecule has 1 fully saturated rings. The molecule has 0 radical (unpaired) electrons. The maximum absolute atomic E-state index is 6.10. The van der Waals surface area contributed by atoms with E-state index in [1.54, 1.807) is 0 Å². The Hall–Kier alpha value is -0.730. The summed E-state index contributed by atoms with van der Waals surface area (Å²) in [6, 6.07) is 7.58. The van der Waals surface area contributed by atoms with Crippen LogP contribution < -0.4 is 10.2 Å². The molecular weight excluding hydrogens is 220 g/mol. The second-order valence-corrected chi connectivity index (χ2v) is 5.20. The number of fused-ring (bicyclic) bond motifs is 3. The Labute approximate surface area is 102 Å². The van der Waals surface area contributed by atoms with E-state index in [2.05, 4.69) is 29.3 Å². The minimum Gasteiger partial charge on any atom is -0.362 e. The number of benzene rings is 1. The fourth-order valence-corrected chi connectivity index (χ4v) is 3.19. The van der Waals surface area contributed by atoms with Crippen LogP contribution in [0.15, 0.2) is 18.2 Å². The molecule has 0 bridgehead atoms. The maximum Gasteiger partial charge on any atom is 0.0459 e. The molecule has 2 heterocycles. The minimum absolute atomic E-state index is 0.624. The third-order valence-electron chi connectivity index (χ3n) is 3.80. The van der Waals surface area contributed by atoms with Crippen molar-refractivity contribution in [3.05, 3.63) is 28.8 Å². The Kier molecular flexibility index (Phi) is 2.56. The lowest BCUT2D eigenvalue weighted by Crippen LogP contribution is -2.55. The Morgan fingerprint density at radius 1 is 1.44 bits per heavy atom.